The SMILES string of the molecule is CCN(CC)c1ccc(C=NNc2ncc(F)c(N3CCOCC3)n2)cc1. The highest BCUT2D eigenvalue weighted by molar-refractivity contribution is 5.80. The number of aromatic nitrogens is 2. The number of hydrogen-bond donors (Lipinski definition) is 1. The summed E-state index contributed by atoms with van der Waals surface area (Å²) in [6.07, 6.45) is 2.85. The number of nitrogens with zero attached hydrogens (tertiary/aromatic N) is 5. The number of ether oxygens (including phenoxy) is 1. The van der Waals surface area contributed by atoms with E-state index in [1.54, 1.807) is 6.21 Å². The molecule has 2 aromatic rings. The van der Waals surface area contributed by atoms with E-state index in [4.69, 9.17) is 4.74 Å². The van der Waals surface area contributed by atoms with Gasteiger partial charge in [-0.25, -0.2) is 14.8 Å². The van der Waals surface area contributed by atoms with Crippen molar-refractivity contribution in [3.8, 4) is 0 Å². The number of halogens is 1. The maximum absolute atomic E-state index is 14.0. The summed E-state index contributed by atoms with van der Waals surface area (Å²) in [6.45, 7) is 8.55. The van der Waals surface area contributed by atoms with Crippen LogP contribution in [0.25, 0.3) is 0 Å². The second-order valence-corrected chi connectivity index (χ2v) is 6.10. The third kappa shape index (κ3) is 4.91. The lowest BCUT2D eigenvalue weighted by molar-refractivity contribution is 0.122. The van der Waals surface area contributed by atoms with Gasteiger partial charge in [-0.2, -0.15) is 10.1 Å². The zero-order valence-corrected chi connectivity index (χ0v) is 15.7. The zero-order chi connectivity index (χ0) is 19.1. The Hall–Kier alpha value is -2.74. The minimum Gasteiger partial charge on any atom is -0.378 e. The fraction of sp³-hybridized carbons (Fsp3) is 0.421. The van der Waals surface area contributed by atoms with Crippen LogP contribution in [-0.2, 0) is 4.74 Å². The van der Waals surface area contributed by atoms with Crippen molar-refractivity contribution in [2.24, 2.45) is 5.10 Å². The van der Waals surface area contributed by atoms with Gasteiger partial charge in [0.1, 0.15) is 0 Å². The second kappa shape index (κ2) is 9.27. The molecule has 1 N–H and O–H groups in total. The third-order valence-electron chi connectivity index (χ3n) is 4.44. The molecule has 1 aliphatic rings. The van der Waals surface area contributed by atoms with Gasteiger partial charge in [-0.05, 0) is 31.5 Å². The monoisotopic (exact) mass is 372 g/mol. The van der Waals surface area contributed by atoms with Crippen LogP contribution in [0.4, 0.5) is 21.8 Å². The second-order valence-electron chi connectivity index (χ2n) is 6.10. The molecule has 7 nitrogen and oxygen atoms in total. The molecule has 0 bridgehead atoms. The minimum atomic E-state index is -0.446. The summed E-state index contributed by atoms with van der Waals surface area (Å²) in [4.78, 5) is 12.3. The lowest BCUT2D eigenvalue weighted by Gasteiger charge is -2.27. The molecule has 1 aliphatic heterocycles. The van der Waals surface area contributed by atoms with Gasteiger partial charge >= 0.3 is 0 Å². The van der Waals surface area contributed by atoms with Gasteiger partial charge in [-0.1, -0.05) is 12.1 Å². The largest absolute Gasteiger partial charge is 0.378 e. The molecule has 1 aromatic heterocycles. The molecule has 0 unspecified atom stereocenters. The van der Waals surface area contributed by atoms with Crippen LogP contribution in [-0.4, -0.2) is 55.6 Å². The van der Waals surface area contributed by atoms with Gasteiger partial charge in [0, 0.05) is 31.9 Å². The Morgan fingerprint density at radius 1 is 1.22 bits per heavy atom. The molecule has 27 heavy (non-hydrogen) atoms. The van der Waals surface area contributed by atoms with Crippen molar-refractivity contribution >= 4 is 23.7 Å². The highest BCUT2D eigenvalue weighted by atomic mass is 19.1. The molecule has 8 heteroatoms. The smallest absolute Gasteiger partial charge is 0.245 e. The first-order valence-electron chi connectivity index (χ1n) is 9.20. The van der Waals surface area contributed by atoms with Crippen molar-refractivity contribution in [3.05, 3.63) is 41.8 Å². The molecule has 0 aliphatic carbocycles. The Labute approximate surface area is 158 Å². The van der Waals surface area contributed by atoms with E-state index >= 15 is 0 Å². The number of rotatable bonds is 7. The van der Waals surface area contributed by atoms with E-state index in [0.717, 1.165) is 24.8 Å². The van der Waals surface area contributed by atoms with Crippen molar-refractivity contribution in [3.63, 3.8) is 0 Å². The maximum Gasteiger partial charge on any atom is 0.245 e. The van der Waals surface area contributed by atoms with Crippen LogP contribution in [0.5, 0.6) is 0 Å². The number of hydrazone groups is 1. The highest BCUT2D eigenvalue weighted by Crippen LogP contribution is 2.18. The Morgan fingerprint density at radius 2 is 1.93 bits per heavy atom. The van der Waals surface area contributed by atoms with Crippen molar-refractivity contribution in [1.29, 1.82) is 0 Å². The normalized spacial score (nSPS) is 14.6. The Kier molecular flexibility index (Phi) is 6.54. The topological polar surface area (TPSA) is 65.9 Å². The van der Waals surface area contributed by atoms with E-state index in [9.17, 15) is 4.39 Å². The van der Waals surface area contributed by atoms with Crippen molar-refractivity contribution in [2.75, 3.05) is 54.6 Å². The number of hydrogen-bond acceptors (Lipinski definition) is 7. The van der Waals surface area contributed by atoms with E-state index in [1.807, 2.05) is 17.0 Å². The quantitative estimate of drug-likeness (QED) is 0.596. The van der Waals surface area contributed by atoms with E-state index in [0.29, 0.717) is 26.3 Å². The van der Waals surface area contributed by atoms with E-state index in [1.165, 1.54) is 5.69 Å². The fourth-order valence-corrected chi connectivity index (χ4v) is 2.93. The van der Waals surface area contributed by atoms with Gasteiger partial charge in [-0.3, -0.25) is 0 Å². The fourth-order valence-electron chi connectivity index (χ4n) is 2.93. The van der Waals surface area contributed by atoms with E-state index in [-0.39, 0.29) is 11.8 Å². The van der Waals surface area contributed by atoms with Crippen molar-refractivity contribution in [1.82, 2.24) is 9.97 Å². The highest BCUT2D eigenvalue weighted by Gasteiger charge is 2.17. The Bertz CT molecular complexity index is 757. The molecule has 0 spiro atoms. The number of morpholine rings is 1. The molecule has 1 aromatic carbocycles. The molecule has 3 rings (SSSR count). The molecule has 1 fully saturated rings. The van der Waals surface area contributed by atoms with Gasteiger partial charge in [0.2, 0.25) is 5.95 Å². The molecule has 0 saturated carbocycles. The summed E-state index contributed by atoms with van der Waals surface area (Å²) in [5.41, 5.74) is 4.91. The average molecular weight is 372 g/mol. The predicted octanol–water partition coefficient (Wildman–Crippen LogP) is 2.74. The third-order valence-corrected chi connectivity index (χ3v) is 4.44. The van der Waals surface area contributed by atoms with Gasteiger partial charge in [0.25, 0.3) is 0 Å². The lowest BCUT2D eigenvalue weighted by atomic mass is 10.2. The van der Waals surface area contributed by atoms with Crippen LogP contribution >= 0.6 is 0 Å². The predicted molar refractivity (Wildman–Crippen MR) is 106 cm³/mol. The van der Waals surface area contributed by atoms with Crippen LogP contribution in [0.1, 0.15) is 19.4 Å². The molecule has 1 saturated heterocycles. The zero-order valence-electron chi connectivity index (χ0n) is 15.7. The van der Waals surface area contributed by atoms with Crippen molar-refractivity contribution < 1.29 is 9.13 Å². The molecular formula is C19H25FN6O. The van der Waals surface area contributed by atoms with Gasteiger partial charge in [0.15, 0.2) is 11.6 Å². The first kappa shape index (κ1) is 19.0. The standard InChI is InChI=1S/C19H25FN6O/c1-3-25(4-2)16-7-5-15(6-8-16)13-22-24-19-21-14-17(20)18(23-19)26-9-11-27-12-10-26/h5-8,13-14H,3-4,9-12H2,1-2H3,(H,21,23,24). The van der Waals surface area contributed by atoms with Gasteiger partial charge < -0.3 is 14.5 Å². The summed E-state index contributed by atoms with van der Waals surface area (Å²) in [6, 6.07) is 8.14. The maximum atomic E-state index is 14.0. The van der Waals surface area contributed by atoms with E-state index in [2.05, 4.69) is 51.4 Å². The Morgan fingerprint density at radius 3 is 2.59 bits per heavy atom. The molecule has 0 amide bonds. The first-order chi connectivity index (χ1) is 13.2. The summed E-state index contributed by atoms with van der Waals surface area (Å²) >= 11 is 0. The molecule has 2 heterocycles. The number of nitrogens with one attached hydrogen (secondary N) is 1. The van der Waals surface area contributed by atoms with Gasteiger partial charge in [0.05, 0.1) is 25.6 Å². The lowest BCUT2D eigenvalue weighted by Crippen LogP contribution is -2.37. The van der Waals surface area contributed by atoms with Gasteiger partial charge in [-0.15, -0.1) is 0 Å². The number of benzene rings is 1. The molecular weight excluding hydrogens is 347 g/mol. The summed E-state index contributed by atoms with van der Waals surface area (Å²) < 4.78 is 19.3. The van der Waals surface area contributed by atoms with Crippen LogP contribution < -0.4 is 15.2 Å². The van der Waals surface area contributed by atoms with E-state index < -0.39 is 5.82 Å². The Balaban J connectivity index is 1.64. The van der Waals surface area contributed by atoms with Crippen LogP contribution in [0.3, 0.4) is 0 Å². The van der Waals surface area contributed by atoms with Crippen LogP contribution in [0.2, 0.25) is 0 Å². The summed E-state index contributed by atoms with van der Waals surface area (Å²) in [7, 11) is 0. The number of anilines is 3. The first-order valence-corrected chi connectivity index (χ1v) is 9.20. The average Bonchev–Trinajstić information content (AvgIpc) is 2.72. The molecule has 144 valence electrons. The molecule has 0 radical (unpaired) electrons. The summed E-state index contributed by atoms with van der Waals surface area (Å²) in [5, 5.41) is 4.16. The molecule has 0 atom stereocenters. The minimum absolute atomic E-state index is 0.258. The van der Waals surface area contributed by atoms with Crippen molar-refractivity contribution in [2.45, 2.75) is 13.8 Å². The summed E-state index contributed by atoms with van der Waals surface area (Å²) in [5.74, 6) is 0.0851. The van der Waals surface area contributed by atoms with Crippen LogP contribution in [0.15, 0.2) is 35.6 Å². The van der Waals surface area contributed by atoms with Crippen LogP contribution in [0, 0.1) is 5.82 Å².